The molecule has 0 aliphatic rings. The lowest BCUT2D eigenvalue weighted by molar-refractivity contribution is -0.108. The molecule has 2 aromatic rings. The largest absolute Gasteiger partial charge is 0.302 e. The number of hydrogen-bond donors (Lipinski definition) is 0. The van der Waals surface area contributed by atoms with E-state index in [1.165, 1.54) is 24.3 Å². The molecule has 2 rings (SSSR count). The van der Waals surface area contributed by atoms with Crippen LogP contribution in [0.15, 0.2) is 54.6 Å². The second-order valence-electron chi connectivity index (χ2n) is 3.90. The quantitative estimate of drug-likeness (QED) is 0.469. The summed E-state index contributed by atoms with van der Waals surface area (Å²) in [6, 6.07) is 14.0. The monoisotopic (exact) mass is 242 g/mol. The summed E-state index contributed by atoms with van der Waals surface area (Å²) in [5.74, 6) is -1.55. The molecule has 1 unspecified atom stereocenters. The summed E-state index contributed by atoms with van der Waals surface area (Å²) in [4.78, 5) is 23.2. The Hall–Kier alpha value is -2.29. The Morgan fingerprint density at radius 1 is 1.00 bits per heavy atom. The van der Waals surface area contributed by atoms with Crippen molar-refractivity contribution in [2.75, 3.05) is 0 Å². The smallest absolute Gasteiger partial charge is 0.177 e. The number of benzene rings is 2. The molecule has 0 fully saturated rings. The first-order valence-electron chi connectivity index (χ1n) is 5.52. The first-order valence-corrected chi connectivity index (χ1v) is 5.52. The highest BCUT2D eigenvalue weighted by molar-refractivity contribution is 6.09. The summed E-state index contributed by atoms with van der Waals surface area (Å²) in [5.41, 5.74) is 0.971. The van der Waals surface area contributed by atoms with Crippen LogP contribution in [-0.4, -0.2) is 12.1 Å². The number of ketones is 1. The zero-order valence-electron chi connectivity index (χ0n) is 9.55. The minimum atomic E-state index is -0.881. The molecule has 18 heavy (non-hydrogen) atoms. The summed E-state index contributed by atoms with van der Waals surface area (Å²) in [5, 5.41) is 0. The van der Waals surface area contributed by atoms with E-state index in [9.17, 15) is 14.0 Å². The highest BCUT2D eigenvalue weighted by Crippen LogP contribution is 2.19. The van der Waals surface area contributed by atoms with Crippen LogP contribution >= 0.6 is 0 Å². The number of carbonyl (C=O) groups is 2. The Labute approximate surface area is 104 Å². The van der Waals surface area contributed by atoms with E-state index in [1.54, 1.807) is 30.3 Å². The van der Waals surface area contributed by atoms with Gasteiger partial charge in [-0.1, -0.05) is 42.5 Å². The molecule has 0 aliphatic heterocycles. The second-order valence-corrected chi connectivity index (χ2v) is 3.90. The van der Waals surface area contributed by atoms with Gasteiger partial charge in [-0.2, -0.15) is 0 Å². The molecule has 0 spiro atoms. The van der Waals surface area contributed by atoms with Gasteiger partial charge in [-0.15, -0.1) is 0 Å². The van der Waals surface area contributed by atoms with E-state index in [2.05, 4.69) is 0 Å². The van der Waals surface area contributed by atoms with E-state index in [0.29, 0.717) is 17.4 Å². The van der Waals surface area contributed by atoms with Gasteiger partial charge < -0.3 is 4.79 Å². The maximum absolute atomic E-state index is 12.8. The third-order valence-electron chi connectivity index (χ3n) is 2.71. The molecule has 1 atom stereocenters. The minimum absolute atomic E-state index is 0.280. The van der Waals surface area contributed by atoms with Gasteiger partial charge in [0.1, 0.15) is 18.0 Å². The number of carbonyl (C=O) groups excluding carboxylic acids is 2. The van der Waals surface area contributed by atoms with Crippen molar-refractivity contribution in [3.63, 3.8) is 0 Å². The van der Waals surface area contributed by atoms with Crippen LogP contribution in [-0.2, 0) is 4.79 Å². The number of Topliss-reactive ketones (excluding diaryl/α,β-unsaturated/α-hetero) is 1. The average Bonchev–Trinajstić information content (AvgIpc) is 2.42. The Kier molecular flexibility index (Phi) is 3.63. The van der Waals surface area contributed by atoms with Gasteiger partial charge in [0, 0.05) is 5.56 Å². The number of halogens is 1. The normalized spacial score (nSPS) is 11.8. The van der Waals surface area contributed by atoms with Crippen molar-refractivity contribution in [1.29, 1.82) is 0 Å². The van der Waals surface area contributed by atoms with Crippen LogP contribution < -0.4 is 0 Å². The van der Waals surface area contributed by atoms with E-state index >= 15 is 0 Å². The molecule has 2 aromatic carbocycles. The molecule has 0 heterocycles. The van der Waals surface area contributed by atoms with Crippen LogP contribution in [0.1, 0.15) is 21.8 Å². The molecule has 0 radical (unpaired) electrons. The third-order valence-corrected chi connectivity index (χ3v) is 2.71. The topological polar surface area (TPSA) is 34.1 Å². The van der Waals surface area contributed by atoms with Crippen LogP contribution in [0.2, 0.25) is 0 Å². The van der Waals surface area contributed by atoms with E-state index in [-0.39, 0.29) is 5.78 Å². The van der Waals surface area contributed by atoms with Gasteiger partial charge in [0.05, 0.1) is 0 Å². The van der Waals surface area contributed by atoms with Crippen LogP contribution in [0, 0.1) is 5.82 Å². The molecule has 90 valence electrons. The maximum Gasteiger partial charge on any atom is 0.177 e. The fourth-order valence-corrected chi connectivity index (χ4v) is 1.74. The summed E-state index contributed by atoms with van der Waals surface area (Å²) < 4.78 is 12.8. The van der Waals surface area contributed by atoms with Crippen molar-refractivity contribution in [3.05, 3.63) is 71.5 Å². The Bertz CT molecular complexity index is 546. The molecular weight excluding hydrogens is 231 g/mol. The van der Waals surface area contributed by atoms with Crippen molar-refractivity contribution < 1.29 is 14.0 Å². The lowest BCUT2D eigenvalue weighted by Gasteiger charge is -2.09. The molecule has 0 bridgehead atoms. The van der Waals surface area contributed by atoms with Crippen molar-refractivity contribution in [2.24, 2.45) is 0 Å². The second kappa shape index (κ2) is 5.36. The first-order chi connectivity index (χ1) is 8.72. The first kappa shape index (κ1) is 12.2. The summed E-state index contributed by atoms with van der Waals surface area (Å²) in [7, 11) is 0. The summed E-state index contributed by atoms with van der Waals surface area (Å²) in [6.45, 7) is 0. The van der Waals surface area contributed by atoms with Gasteiger partial charge in [-0.05, 0) is 17.7 Å². The lowest BCUT2D eigenvalue weighted by Crippen LogP contribution is -2.14. The predicted molar refractivity (Wildman–Crippen MR) is 66.0 cm³/mol. The summed E-state index contributed by atoms with van der Waals surface area (Å²) in [6.07, 6.45) is 0.586. The Balaban J connectivity index is 2.32. The fourth-order valence-electron chi connectivity index (χ4n) is 1.74. The van der Waals surface area contributed by atoms with E-state index in [1.807, 2.05) is 0 Å². The zero-order valence-corrected chi connectivity index (χ0v) is 9.55. The van der Waals surface area contributed by atoms with Crippen molar-refractivity contribution in [3.8, 4) is 0 Å². The molecule has 0 aliphatic carbocycles. The van der Waals surface area contributed by atoms with Gasteiger partial charge in [0.15, 0.2) is 5.78 Å². The zero-order chi connectivity index (χ0) is 13.0. The molecule has 0 aromatic heterocycles. The van der Waals surface area contributed by atoms with Gasteiger partial charge in [0.25, 0.3) is 0 Å². The lowest BCUT2D eigenvalue weighted by atomic mass is 9.92. The summed E-state index contributed by atoms with van der Waals surface area (Å²) >= 11 is 0. The van der Waals surface area contributed by atoms with Crippen LogP contribution in [0.4, 0.5) is 4.39 Å². The van der Waals surface area contributed by atoms with Crippen molar-refractivity contribution in [2.45, 2.75) is 5.92 Å². The Morgan fingerprint density at radius 3 is 2.17 bits per heavy atom. The van der Waals surface area contributed by atoms with Gasteiger partial charge in [0.2, 0.25) is 0 Å². The molecule has 0 N–H and O–H groups in total. The number of rotatable bonds is 4. The van der Waals surface area contributed by atoms with E-state index in [4.69, 9.17) is 0 Å². The average molecular weight is 242 g/mol. The van der Waals surface area contributed by atoms with E-state index in [0.717, 1.165) is 0 Å². The SMILES string of the molecule is O=CC(C(=O)c1ccccc1)c1ccc(F)cc1. The minimum Gasteiger partial charge on any atom is -0.302 e. The van der Waals surface area contributed by atoms with Crippen LogP contribution in [0.5, 0.6) is 0 Å². The highest BCUT2D eigenvalue weighted by atomic mass is 19.1. The van der Waals surface area contributed by atoms with Gasteiger partial charge in [-0.3, -0.25) is 4.79 Å². The predicted octanol–water partition coefficient (Wildman–Crippen LogP) is 2.99. The van der Waals surface area contributed by atoms with Gasteiger partial charge >= 0.3 is 0 Å². The van der Waals surface area contributed by atoms with Crippen LogP contribution in [0.3, 0.4) is 0 Å². The van der Waals surface area contributed by atoms with Crippen molar-refractivity contribution >= 4 is 12.1 Å². The standard InChI is InChI=1S/C15H11FO2/c16-13-8-6-11(7-9-13)14(10-17)15(18)12-4-2-1-3-5-12/h1-10,14H. The Morgan fingerprint density at radius 2 is 1.61 bits per heavy atom. The molecule has 3 heteroatoms. The molecule has 2 nitrogen and oxygen atoms in total. The highest BCUT2D eigenvalue weighted by Gasteiger charge is 2.21. The number of hydrogen-bond acceptors (Lipinski definition) is 2. The number of aldehydes is 1. The molecule has 0 amide bonds. The van der Waals surface area contributed by atoms with Crippen molar-refractivity contribution in [1.82, 2.24) is 0 Å². The maximum atomic E-state index is 12.8. The molecule has 0 saturated carbocycles. The molecule has 0 saturated heterocycles. The molecular formula is C15H11FO2. The van der Waals surface area contributed by atoms with Gasteiger partial charge in [-0.25, -0.2) is 4.39 Å². The fraction of sp³-hybridized carbons (Fsp3) is 0.0667. The van der Waals surface area contributed by atoms with E-state index < -0.39 is 11.7 Å². The van der Waals surface area contributed by atoms with Crippen LogP contribution in [0.25, 0.3) is 0 Å². The third kappa shape index (κ3) is 2.51.